The van der Waals surface area contributed by atoms with E-state index in [0.717, 1.165) is 16.0 Å². The van der Waals surface area contributed by atoms with E-state index in [1.54, 1.807) is 35.1 Å². The molecule has 0 spiro atoms. The predicted molar refractivity (Wildman–Crippen MR) is 133 cm³/mol. The molecule has 0 radical (unpaired) electrons. The Hall–Kier alpha value is -2.75. The Morgan fingerprint density at radius 3 is 2.82 bits per heavy atom. The Morgan fingerprint density at radius 1 is 1.33 bits per heavy atom. The molecule has 1 amide bonds. The predicted octanol–water partition coefficient (Wildman–Crippen LogP) is 5.42. The van der Waals surface area contributed by atoms with Crippen LogP contribution in [0.4, 0.5) is 5.69 Å². The van der Waals surface area contributed by atoms with Gasteiger partial charge in [0.1, 0.15) is 16.3 Å². The van der Waals surface area contributed by atoms with Gasteiger partial charge < -0.3 is 14.5 Å². The van der Waals surface area contributed by atoms with E-state index in [0.29, 0.717) is 37.6 Å². The van der Waals surface area contributed by atoms with Crippen molar-refractivity contribution < 1.29 is 13.9 Å². The van der Waals surface area contributed by atoms with Crippen molar-refractivity contribution in [3.63, 3.8) is 0 Å². The first kappa shape index (κ1) is 23.4. The van der Waals surface area contributed by atoms with Crippen LogP contribution in [0.5, 0.6) is 5.75 Å². The maximum atomic E-state index is 13.3. The normalized spacial score (nSPS) is 11.2. The summed E-state index contributed by atoms with van der Waals surface area (Å²) in [6.45, 7) is 5.98. The van der Waals surface area contributed by atoms with Crippen molar-refractivity contribution in [3.05, 3.63) is 67.7 Å². The molecule has 33 heavy (non-hydrogen) atoms. The number of nitrogens with one attached hydrogen (secondary N) is 1. The number of furan rings is 1. The summed E-state index contributed by atoms with van der Waals surface area (Å²) in [6.07, 6.45) is 1.56. The monoisotopic (exact) mass is 503 g/mol. The van der Waals surface area contributed by atoms with E-state index in [4.69, 9.17) is 25.7 Å². The first-order valence-electron chi connectivity index (χ1n) is 10.1. The first-order chi connectivity index (χ1) is 15.8. The summed E-state index contributed by atoms with van der Waals surface area (Å²) < 4.78 is 12.3. The molecule has 10 heteroatoms. The van der Waals surface area contributed by atoms with E-state index < -0.39 is 0 Å². The van der Waals surface area contributed by atoms with Gasteiger partial charge in [-0.25, -0.2) is 4.98 Å². The number of amides is 1. The quantitative estimate of drug-likeness (QED) is 0.268. The van der Waals surface area contributed by atoms with Crippen LogP contribution < -0.4 is 15.6 Å². The number of thiophene rings is 1. The average molecular weight is 504 g/mol. The molecule has 0 aliphatic heterocycles. The smallest absolute Gasteiger partial charge is 0.263 e. The lowest BCUT2D eigenvalue weighted by atomic mass is 10.2. The van der Waals surface area contributed by atoms with Gasteiger partial charge in [0.2, 0.25) is 5.91 Å². The molecule has 7 nitrogen and oxygen atoms in total. The van der Waals surface area contributed by atoms with E-state index in [1.165, 1.54) is 30.2 Å². The number of carbonyl (C=O) groups excluding carboxylic acids is 1. The van der Waals surface area contributed by atoms with E-state index in [1.807, 2.05) is 20.8 Å². The summed E-state index contributed by atoms with van der Waals surface area (Å²) in [7, 11) is 1.52. The van der Waals surface area contributed by atoms with Crippen LogP contribution >= 0.6 is 34.7 Å². The molecule has 172 valence electrons. The largest absolute Gasteiger partial charge is 0.495 e. The second kappa shape index (κ2) is 9.62. The fourth-order valence-corrected chi connectivity index (χ4v) is 5.39. The van der Waals surface area contributed by atoms with Crippen LogP contribution in [0.25, 0.3) is 10.2 Å². The fourth-order valence-electron chi connectivity index (χ4n) is 3.36. The standard InChI is InChI=1S/C23H22ClN3O4S2/c1-12-8-17(18(30-4)9-16(12)24)25-19(28)11-32-23-26-21-20(13(2)14(3)33-21)22(29)27(23)10-15-6-5-7-31-15/h5-9H,10-11H2,1-4H3,(H,25,28). The van der Waals surface area contributed by atoms with Gasteiger partial charge in [0.25, 0.3) is 5.56 Å². The number of fused-ring (bicyclic) bond motifs is 1. The van der Waals surface area contributed by atoms with Crippen molar-refractivity contribution in [2.24, 2.45) is 0 Å². The molecule has 0 aliphatic carbocycles. The highest BCUT2D eigenvalue weighted by molar-refractivity contribution is 7.99. The van der Waals surface area contributed by atoms with Crippen LogP contribution in [0.3, 0.4) is 0 Å². The minimum Gasteiger partial charge on any atom is -0.495 e. The second-order valence-corrected chi connectivity index (χ2v) is 10.0. The number of anilines is 1. The molecule has 1 aromatic carbocycles. The number of aryl methyl sites for hydroxylation is 3. The van der Waals surface area contributed by atoms with Crippen molar-refractivity contribution in [2.45, 2.75) is 32.5 Å². The molecule has 0 saturated heterocycles. The van der Waals surface area contributed by atoms with Gasteiger partial charge in [-0.1, -0.05) is 23.4 Å². The zero-order valence-electron chi connectivity index (χ0n) is 18.5. The summed E-state index contributed by atoms with van der Waals surface area (Å²) >= 11 is 8.83. The second-order valence-electron chi connectivity index (χ2n) is 7.47. The van der Waals surface area contributed by atoms with Crippen molar-refractivity contribution in [1.82, 2.24) is 9.55 Å². The molecule has 3 heterocycles. The summed E-state index contributed by atoms with van der Waals surface area (Å²) in [5, 5.41) is 4.48. The minimum atomic E-state index is -0.252. The number of nitrogens with zero attached hydrogens (tertiary/aromatic N) is 2. The number of benzene rings is 1. The zero-order valence-corrected chi connectivity index (χ0v) is 20.9. The Morgan fingerprint density at radius 2 is 2.12 bits per heavy atom. The Labute approximate surface area is 203 Å². The number of carbonyl (C=O) groups is 1. The van der Waals surface area contributed by atoms with E-state index in [-0.39, 0.29) is 23.8 Å². The van der Waals surface area contributed by atoms with Gasteiger partial charge in [-0.3, -0.25) is 14.2 Å². The van der Waals surface area contributed by atoms with E-state index in [9.17, 15) is 9.59 Å². The lowest BCUT2D eigenvalue weighted by molar-refractivity contribution is -0.113. The third kappa shape index (κ3) is 4.80. The molecule has 4 aromatic rings. The van der Waals surface area contributed by atoms with Gasteiger partial charge in [0.15, 0.2) is 5.16 Å². The Bertz CT molecular complexity index is 1390. The van der Waals surface area contributed by atoms with Crippen LogP contribution in [-0.4, -0.2) is 28.3 Å². The summed E-state index contributed by atoms with van der Waals surface area (Å²) in [5.74, 6) is 0.917. The van der Waals surface area contributed by atoms with Gasteiger partial charge in [-0.2, -0.15) is 0 Å². The van der Waals surface area contributed by atoms with Gasteiger partial charge >= 0.3 is 0 Å². The summed E-state index contributed by atoms with van der Waals surface area (Å²) in [6, 6.07) is 7.00. The van der Waals surface area contributed by atoms with E-state index >= 15 is 0 Å². The number of rotatable bonds is 7. The highest BCUT2D eigenvalue weighted by Gasteiger charge is 2.19. The summed E-state index contributed by atoms with van der Waals surface area (Å²) in [5.41, 5.74) is 2.14. The van der Waals surface area contributed by atoms with Crippen LogP contribution in [0.2, 0.25) is 5.02 Å². The van der Waals surface area contributed by atoms with Gasteiger partial charge in [-0.05, 0) is 50.1 Å². The molecule has 4 rings (SSSR count). The lowest BCUT2D eigenvalue weighted by Crippen LogP contribution is -2.24. The first-order valence-corrected chi connectivity index (χ1v) is 12.3. The third-order valence-electron chi connectivity index (χ3n) is 5.24. The Balaban J connectivity index is 1.62. The minimum absolute atomic E-state index is 0.0598. The molecular weight excluding hydrogens is 482 g/mol. The number of hydrogen-bond donors (Lipinski definition) is 1. The topological polar surface area (TPSA) is 86.4 Å². The SMILES string of the molecule is COc1cc(Cl)c(C)cc1NC(=O)CSc1nc2sc(C)c(C)c2c(=O)n1Cc1ccco1. The lowest BCUT2D eigenvalue weighted by Gasteiger charge is -2.13. The number of ether oxygens (including phenoxy) is 1. The molecule has 0 aliphatic rings. The fraction of sp³-hybridized carbons (Fsp3) is 0.261. The van der Waals surface area contributed by atoms with Gasteiger partial charge in [0, 0.05) is 16.0 Å². The average Bonchev–Trinajstić information content (AvgIpc) is 3.39. The van der Waals surface area contributed by atoms with Gasteiger partial charge in [0.05, 0.1) is 36.7 Å². The third-order valence-corrected chi connectivity index (χ3v) is 7.72. The molecule has 0 saturated carbocycles. The van der Waals surface area contributed by atoms with E-state index in [2.05, 4.69) is 5.32 Å². The van der Waals surface area contributed by atoms with Gasteiger partial charge in [-0.15, -0.1) is 11.3 Å². The summed E-state index contributed by atoms with van der Waals surface area (Å²) in [4.78, 5) is 32.5. The zero-order chi connectivity index (χ0) is 23.7. The van der Waals surface area contributed by atoms with Crippen molar-refractivity contribution in [2.75, 3.05) is 18.2 Å². The highest BCUT2D eigenvalue weighted by Crippen LogP contribution is 2.32. The molecule has 0 fully saturated rings. The molecule has 0 unspecified atom stereocenters. The molecule has 1 N–H and O–H groups in total. The van der Waals surface area contributed by atoms with Crippen LogP contribution in [-0.2, 0) is 11.3 Å². The maximum absolute atomic E-state index is 13.3. The van der Waals surface area contributed by atoms with Crippen molar-refractivity contribution >= 4 is 56.5 Å². The maximum Gasteiger partial charge on any atom is 0.263 e. The van der Waals surface area contributed by atoms with Crippen molar-refractivity contribution in [1.29, 1.82) is 0 Å². The van der Waals surface area contributed by atoms with Crippen LogP contribution in [0, 0.1) is 20.8 Å². The molecular formula is C23H22ClN3O4S2. The van der Waals surface area contributed by atoms with Crippen LogP contribution in [0.1, 0.15) is 21.8 Å². The number of hydrogen-bond acceptors (Lipinski definition) is 7. The molecule has 0 bridgehead atoms. The number of methoxy groups -OCH3 is 1. The molecule has 0 atom stereocenters. The highest BCUT2D eigenvalue weighted by atomic mass is 35.5. The van der Waals surface area contributed by atoms with Crippen LogP contribution in [0.15, 0.2) is 44.9 Å². The number of aromatic nitrogens is 2. The molecule has 3 aromatic heterocycles. The Kier molecular flexibility index (Phi) is 6.83. The number of halogens is 1. The van der Waals surface area contributed by atoms with Crippen molar-refractivity contribution in [3.8, 4) is 5.75 Å². The number of thioether (sulfide) groups is 1.